The van der Waals surface area contributed by atoms with Gasteiger partial charge in [-0.25, -0.2) is 5.32 Å². The van der Waals surface area contributed by atoms with Crippen molar-refractivity contribution in [2.24, 2.45) is 0 Å². The zero-order valence-corrected chi connectivity index (χ0v) is 6.14. The molecule has 1 N–H and O–H groups in total. The fourth-order valence-electron chi connectivity index (χ4n) is 1.69. The molecule has 1 atom stereocenters. The first-order valence-corrected chi connectivity index (χ1v) is 3.97. The van der Waals surface area contributed by atoms with E-state index in [0.29, 0.717) is 0 Å². The number of rotatable bonds is 0. The van der Waals surface area contributed by atoms with Gasteiger partial charge in [0.25, 0.3) is 0 Å². The third-order valence-corrected chi connectivity index (χ3v) is 2.33. The normalized spacial score (nSPS) is 39.2. The molecule has 1 radical (unpaired) electrons. The lowest BCUT2D eigenvalue weighted by molar-refractivity contribution is 0.423. The lowest BCUT2D eigenvalue weighted by Crippen LogP contribution is -2.46. The van der Waals surface area contributed by atoms with Crippen molar-refractivity contribution in [2.75, 3.05) is 19.6 Å². The van der Waals surface area contributed by atoms with Crippen LogP contribution in [0.4, 0.5) is 0 Å². The highest BCUT2D eigenvalue weighted by Gasteiger charge is 2.31. The van der Waals surface area contributed by atoms with Crippen LogP contribution in [0.1, 0.15) is 12.8 Å². The van der Waals surface area contributed by atoms with Crippen molar-refractivity contribution in [1.82, 2.24) is 10.6 Å². The molecule has 0 aliphatic carbocycles. The Morgan fingerprint density at radius 1 is 1.50 bits per heavy atom. The van der Waals surface area contributed by atoms with E-state index in [1.54, 1.807) is 0 Å². The monoisotopic (exact) mass is 137 g/mol. The summed E-state index contributed by atoms with van der Waals surface area (Å²) in [5.41, 5.74) is 0.276. The van der Waals surface area contributed by atoms with Gasteiger partial charge in [0, 0.05) is 13.1 Å². The van der Waals surface area contributed by atoms with E-state index >= 15 is 0 Å². The Hall–Kier alpha value is -0.340. The Kier molecular flexibility index (Phi) is 1.51. The van der Waals surface area contributed by atoms with Crippen molar-refractivity contribution in [1.29, 1.82) is 0 Å². The van der Waals surface area contributed by atoms with Crippen LogP contribution in [0.15, 0.2) is 12.2 Å². The molecule has 1 unspecified atom stereocenters. The molecule has 2 aliphatic rings. The number of hydrogen-bond donors (Lipinski definition) is 1. The van der Waals surface area contributed by atoms with E-state index in [4.69, 9.17) is 0 Å². The zero-order valence-electron chi connectivity index (χ0n) is 6.14. The molecule has 0 saturated carbocycles. The number of nitrogens with one attached hydrogen (secondary N) is 1. The lowest BCUT2D eigenvalue weighted by Gasteiger charge is -2.28. The Bertz CT molecular complexity index is 145. The quantitative estimate of drug-likeness (QED) is 0.477. The summed E-state index contributed by atoms with van der Waals surface area (Å²) in [6, 6.07) is 0. The van der Waals surface area contributed by atoms with Crippen molar-refractivity contribution in [3.63, 3.8) is 0 Å². The maximum Gasteiger partial charge on any atom is 0.0520 e. The Morgan fingerprint density at radius 2 is 2.50 bits per heavy atom. The predicted molar refractivity (Wildman–Crippen MR) is 41.0 cm³/mol. The summed E-state index contributed by atoms with van der Waals surface area (Å²) >= 11 is 0. The van der Waals surface area contributed by atoms with Gasteiger partial charge in [0.2, 0.25) is 0 Å². The minimum atomic E-state index is 0.276. The SMILES string of the molecule is C1=CC2(CC[N]C2)NCC1. The molecule has 1 saturated heterocycles. The second-order valence-electron chi connectivity index (χ2n) is 3.13. The summed E-state index contributed by atoms with van der Waals surface area (Å²) in [5.74, 6) is 0. The van der Waals surface area contributed by atoms with E-state index in [-0.39, 0.29) is 5.54 Å². The molecule has 55 valence electrons. The summed E-state index contributed by atoms with van der Waals surface area (Å²) in [7, 11) is 0. The lowest BCUT2D eigenvalue weighted by atomic mass is 9.95. The molecule has 2 heterocycles. The molecule has 0 aromatic carbocycles. The highest BCUT2D eigenvalue weighted by atomic mass is 15.1. The smallest absolute Gasteiger partial charge is 0.0520 e. The maximum atomic E-state index is 4.35. The van der Waals surface area contributed by atoms with Gasteiger partial charge in [0.1, 0.15) is 0 Å². The van der Waals surface area contributed by atoms with Crippen LogP contribution in [0.5, 0.6) is 0 Å². The third-order valence-electron chi connectivity index (χ3n) is 2.33. The third kappa shape index (κ3) is 0.976. The van der Waals surface area contributed by atoms with E-state index in [2.05, 4.69) is 22.8 Å². The van der Waals surface area contributed by atoms with E-state index in [0.717, 1.165) is 19.6 Å². The van der Waals surface area contributed by atoms with Crippen molar-refractivity contribution in [3.05, 3.63) is 12.2 Å². The van der Waals surface area contributed by atoms with Crippen molar-refractivity contribution >= 4 is 0 Å². The molecular formula is C8H13N2. The maximum absolute atomic E-state index is 4.35. The van der Waals surface area contributed by atoms with Gasteiger partial charge >= 0.3 is 0 Å². The van der Waals surface area contributed by atoms with Crippen LogP contribution in [0, 0.1) is 0 Å². The van der Waals surface area contributed by atoms with E-state index in [1.165, 1.54) is 12.8 Å². The Balaban J connectivity index is 2.11. The second-order valence-corrected chi connectivity index (χ2v) is 3.13. The molecule has 10 heavy (non-hydrogen) atoms. The van der Waals surface area contributed by atoms with E-state index < -0.39 is 0 Å². The molecular weight excluding hydrogens is 124 g/mol. The van der Waals surface area contributed by atoms with Gasteiger partial charge in [0.15, 0.2) is 0 Å². The number of hydrogen-bond acceptors (Lipinski definition) is 1. The van der Waals surface area contributed by atoms with Crippen LogP contribution in [-0.2, 0) is 0 Å². The summed E-state index contributed by atoms with van der Waals surface area (Å²) in [5, 5.41) is 7.86. The van der Waals surface area contributed by atoms with Gasteiger partial charge in [-0.15, -0.1) is 0 Å². The molecule has 2 nitrogen and oxygen atoms in total. The fraction of sp³-hybridized carbons (Fsp3) is 0.750. The molecule has 1 spiro atoms. The van der Waals surface area contributed by atoms with Crippen molar-refractivity contribution in [3.8, 4) is 0 Å². The molecule has 2 aliphatic heterocycles. The van der Waals surface area contributed by atoms with Gasteiger partial charge in [-0.1, -0.05) is 12.2 Å². The van der Waals surface area contributed by atoms with Gasteiger partial charge in [-0.3, -0.25) is 0 Å². The van der Waals surface area contributed by atoms with Crippen LogP contribution in [-0.4, -0.2) is 25.2 Å². The first-order chi connectivity index (χ1) is 4.91. The first-order valence-electron chi connectivity index (χ1n) is 3.97. The molecule has 0 aromatic rings. The van der Waals surface area contributed by atoms with Crippen molar-refractivity contribution < 1.29 is 0 Å². The Morgan fingerprint density at radius 3 is 3.10 bits per heavy atom. The molecule has 2 heteroatoms. The molecule has 0 bridgehead atoms. The molecule has 2 rings (SSSR count). The largest absolute Gasteiger partial charge is 0.306 e. The minimum Gasteiger partial charge on any atom is -0.306 e. The van der Waals surface area contributed by atoms with Crippen LogP contribution >= 0.6 is 0 Å². The van der Waals surface area contributed by atoms with Crippen LogP contribution in [0.3, 0.4) is 0 Å². The van der Waals surface area contributed by atoms with E-state index in [1.807, 2.05) is 0 Å². The topological polar surface area (TPSA) is 26.1 Å². The molecule has 1 fully saturated rings. The summed E-state index contributed by atoms with van der Waals surface area (Å²) in [4.78, 5) is 0. The standard InChI is InChI=1S/C8H13N2/c1-2-5-10-8(3-1)4-6-9-7-8/h1,3,10H,2,4-7H2. The average Bonchev–Trinajstić information content (AvgIpc) is 2.39. The highest BCUT2D eigenvalue weighted by molar-refractivity contribution is 5.13. The highest BCUT2D eigenvalue weighted by Crippen LogP contribution is 2.19. The summed E-state index contributed by atoms with van der Waals surface area (Å²) in [6.07, 6.45) is 6.95. The minimum absolute atomic E-state index is 0.276. The summed E-state index contributed by atoms with van der Waals surface area (Å²) < 4.78 is 0. The van der Waals surface area contributed by atoms with Gasteiger partial charge in [-0.2, -0.15) is 0 Å². The zero-order chi connectivity index (χ0) is 6.86. The fourth-order valence-corrected chi connectivity index (χ4v) is 1.69. The second kappa shape index (κ2) is 2.36. The summed E-state index contributed by atoms with van der Waals surface area (Å²) in [6.45, 7) is 3.16. The molecule has 0 amide bonds. The van der Waals surface area contributed by atoms with E-state index in [9.17, 15) is 0 Å². The van der Waals surface area contributed by atoms with Crippen LogP contribution < -0.4 is 10.6 Å². The number of nitrogens with zero attached hydrogens (tertiary/aromatic N) is 1. The molecule has 0 aromatic heterocycles. The Labute approximate surface area is 61.7 Å². The van der Waals surface area contributed by atoms with Crippen LogP contribution in [0.25, 0.3) is 0 Å². The average molecular weight is 137 g/mol. The van der Waals surface area contributed by atoms with Crippen molar-refractivity contribution in [2.45, 2.75) is 18.4 Å². The van der Waals surface area contributed by atoms with Gasteiger partial charge < -0.3 is 5.32 Å². The van der Waals surface area contributed by atoms with Gasteiger partial charge in [-0.05, 0) is 19.4 Å². The van der Waals surface area contributed by atoms with Gasteiger partial charge in [0.05, 0.1) is 5.54 Å². The van der Waals surface area contributed by atoms with Crippen LogP contribution in [0.2, 0.25) is 0 Å². The first kappa shape index (κ1) is 6.38. The predicted octanol–water partition coefficient (Wildman–Crippen LogP) is 0.283.